The molecule has 1 aromatic heterocycles. The van der Waals surface area contributed by atoms with E-state index in [4.69, 9.17) is 4.55 Å². The fraction of sp³-hybridized carbons (Fsp3) is 0.444. The minimum Gasteiger partial charge on any atom is -0.285 e. The van der Waals surface area contributed by atoms with E-state index in [0.29, 0.717) is 19.3 Å². The zero-order chi connectivity index (χ0) is 10.2. The lowest BCUT2D eigenvalue weighted by Crippen LogP contribution is -2.24. The van der Waals surface area contributed by atoms with Crippen LogP contribution in [0.1, 0.15) is 18.4 Å². The lowest BCUT2D eigenvalue weighted by atomic mass is 10.1. The summed E-state index contributed by atoms with van der Waals surface area (Å²) < 4.78 is 30.2. The van der Waals surface area contributed by atoms with Gasteiger partial charge in [-0.1, -0.05) is 0 Å². The molecule has 0 unspecified atom stereocenters. The fourth-order valence-electron chi connectivity index (χ4n) is 1.54. The van der Waals surface area contributed by atoms with E-state index in [1.807, 2.05) is 0 Å². The summed E-state index contributed by atoms with van der Waals surface area (Å²) in [5.74, 6) is 0. The highest BCUT2D eigenvalue weighted by molar-refractivity contribution is 7.87. The van der Waals surface area contributed by atoms with Crippen LogP contribution < -0.4 is 0 Å². The molecular weight excluding hydrogens is 202 g/mol. The third kappa shape index (κ3) is 1.65. The third-order valence-corrected chi connectivity index (χ3v) is 4.28. The van der Waals surface area contributed by atoms with Gasteiger partial charge in [-0.3, -0.25) is 9.54 Å². The zero-order valence-corrected chi connectivity index (χ0v) is 8.37. The van der Waals surface area contributed by atoms with Gasteiger partial charge in [-0.25, -0.2) is 0 Å². The molecule has 0 aliphatic heterocycles. The number of nitrogens with zero attached hydrogens (tertiary/aromatic N) is 1. The van der Waals surface area contributed by atoms with Crippen molar-refractivity contribution in [1.82, 2.24) is 4.98 Å². The molecule has 0 atom stereocenters. The summed E-state index contributed by atoms with van der Waals surface area (Å²) in [6, 6.07) is 3.54. The number of rotatable bonds is 3. The third-order valence-electron chi connectivity index (χ3n) is 2.63. The molecular formula is C9H11NO3S. The molecule has 76 valence electrons. The molecule has 1 N–H and O–H groups in total. The molecule has 0 radical (unpaired) electrons. The molecule has 2 rings (SSSR count). The molecule has 0 saturated heterocycles. The second-order valence-corrected chi connectivity index (χ2v) is 5.51. The van der Waals surface area contributed by atoms with Crippen LogP contribution in [0.5, 0.6) is 0 Å². The molecule has 0 spiro atoms. The summed E-state index contributed by atoms with van der Waals surface area (Å²) in [7, 11) is -3.91. The topological polar surface area (TPSA) is 67.3 Å². The molecule has 0 aromatic carbocycles. The van der Waals surface area contributed by atoms with Crippen molar-refractivity contribution in [3.05, 3.63) is 30.1 Å². The van der Waals surface area contributed by atoms with Crippen molar-refractivity contribution in [1.29, 1.82) is 0 Å². The summed E-state index contributed by atoms with van der Waals surface area (Å²) in [5.41, 5.74) is 0.898. The Hall–Kier alpha value is -0.940. The Morgan fingerprint density at radius 3 is 2.36 bits per heavy atom. The van der Waals surface area contributed by atoms with Gasteiger partial charge in [-0.15, -0.1) is 0 Å². The van der Waals surface area contributed by atoms with Gasteiger partial charge in [0, 0.05) is 12.4 Å². The fourth-order valence-corrected chi connectivity index (χ4v) is 2.51. The first kappa shape index (κ1) is 9.61. The molecule has 0 amide bonds. The Morgan fingerprint density at radius 2 is 1.93 bits per heavy atom. The van der Waals surface area contributed by atoms with Crippen molar-refractivity contribution in [3.8, 4) is 0 Å². The van der Waals surface area contributed by atoms with E-state index in [9.17, 15) is 8.42 Å². The molecule has 5 heteroatoms. The largest absolute Gasteiger partial charge is 0.285 e. The smallest absolute Gasteiger partial charge is 0.270 e. The van der Waals surface area contributed by atoms with Gasteiger partial charge in [-0.05, 0) is 37.0 Å². The van der Waals surface area contributed by atoms with Crippen molar-refractivity contribution in [2.45, 2.75) is 24.0 Å². The van der Waals surface area contributed by atoms with Crippen LogP contribution in [0.4, 0.5) is 0 Å². The van der Waals surface area contributed by atoms with Crippen LogP contribution in [0.25, 0.3) is 0 Å². The van der Waals surface area contributed by atoms with Gasteiger partial charge in [0.15, 0.2) is 0 Å². The Labute approximate surface area is 82.7 Å². The van der Waals surface area contributed by atoms with Crippen LogP contribution in [-0.4, -0.2) is 22.7 Å². The quantitative estimate of drug-likeness (QED) is 0.762. The number of hydrogen-bond donors (Lipinski definition) is 1. The molecule has 0 bridgehead atoms. The molecule has 4 nitrogen and oxygen atoms in total. The maximum atomic E-state index is 11.1. The maximum absolute atomic E-state index is 11.1. The van der Waals surface area contributed by atoms with Gasteiger partial charge in [0.2, 0.25) is 0 Å². The van der Waals surface area contributed by atoms with E-state index in [1.165, 1.54) is 0 Å². The van der Waals surface area contributed by atoms with E-state index >= 15 is 0 Å². The predicted molar refractivity (Wildman–Crippen MR) is 51.5 cm³/mol. The predicted octanol–water partition coefficient (Wildman–Crippen LogP) is 1.04. The molecule has 1 saturated carbocycles. The van der Waals surface area contributed by atoms with E-state index in [2.05, 4.69) is 4.98 Å². The molecule has 1 heterocycles. The molecule has 1 aromatic rings. The van der Waals surface area contributed by atoms with Crippen molar-refractivity contribution >= 4 is 10.1 Å². The Morgan fingerprint density at radius 1 is 1.36 bits per heavy atom. The molecule has 1 aliphatic rings. The van der Waals surface area contributed by atoms with Crippen LogP contribution in [0.15, 0.2) is 24.5 Å². The van der Waals surface area contributed by atoms with Crippen LogP contribution in [-0.2, 0) is 16.5 Å². The Kier molecular flexibility index (Phi) is 2.08. The van der Waals surface area contributed by atoms with Gasteiger partial charge in [-0.2, -0.15) is 8.42 Å². The van der Waals surface area contributed by atoms with Gasteiger partial charge in [0.25, 0.3) is 10.1 Å². The maximum Gasteiger partial charge on any atom is 0.270 e. The monoisotopic (exact) mass is 213 g/mol. The lowest BCUT2D eigenvalue weighted by molar-refractivity contribution is 0.462. The molecule has 14 heavy (non-hydrogen) atoms. The van der Waals surface area contributed by atoms with Crippen molar-refractivity contribution in [3.63, 3.8) is 0 Å². The summed E-state index contributed by atoms with van der Waals surface area (Å²) >= 11 is 0. The first-order valence-electron chi connectivity index (χ1n) is 4.39. The van der Waals surface area contributed by atoms with Crippen LogP contribution in [0.3, 0.4) is 0 Å². The highest BCUT2D eigenvalue weighted by Gasteiger charge is 2.53. The second-order valence-electron chi connectivity index (χ2n) is 3.69. The summed E-state index contributed by atoms with van der Waals surface area (Å²) in [4.78, 5) is 3.85. The van der Waals surface area contributed by atoms with Gasteiger partial charge in [0.05, 0.1) is 0 Å². The highest BCUT2D eigenvalue weighted by atomic mass is 32.2. The van der Waals surface area contributed by atoms with Crippen LogP contribution in [0.2, 0.25) is 0 Å². The van der Waals surface area contributed by atoms with Crippen LogP contribution >= 0.6 is 0 Å². The van der Waals surface area contributed by atoms with E-state index in [-0.39, 0.29) is 0 Å². The number of pyridine rings is 1. The zero-order valence-electron chi connectivity index (χ0n) is 7.55. The van der Waals surface area contributed by atoms with Crippen molar-refractivity contribution < 1.29 is 13.0 Å². The summed E-state index contributed by atoms with van der Waals surface area (Å²) in [6.07, 6.45) is 4.72. The normalized spacial score (nSPS) is 19.2. The number of hydrogen-bond acceptors (Lipinski definition) is 3. The average Bonchev–Trinajstić information content (AvgIpc) is 2.86. The second kappa shape index (κ2) is 3.03. The first-order chi connectivity index (χ1) is 6.54. The van der Waals surface area contributed by atoms with Gasteiger partial charge >= 0.3 is 0 Å². The standard InChI is InChI=1S/C9H11NO3S/c11-14(12,13)9(3-4-9)7-8-1-5-10-6-2-8/h1-2,5-6H,3-4,7H2,(H,11,12,13). The molecule has 1 aliphatic carbocycles. The summed E-state index contributed by atoms with van der Waals surface area (Å²) in [6.45, 7) is 0. The van der Waals surface area contributed by atoms with E-state index in [1.54, 1.807) is 24.5 Å². The first-order valence-corrected chi connectivity index (χ1v) is 5.83. The SMILES string of the molecule is O=S(=O)(O)C1(Cc2ccncc2)CC1. The average molecular weight is 213 g/mol. The minimum absolute atomic E-state index is 0.383. The Bertz CT molecular complexity index is 423. The highest BCUT2D eigenvalue weighted by Crippen LogP contribution is 2.45. The summed E-state index contributed by atoms with van der Waals surface area (Å²) in [5, 5.41) is 0. The lowest BCUT2D eigenvalue weighted by Gasteiger charge is -2.10. The van der Waals surface area contributed by atoms with E-state index < -0.39 is 14.9 Å². The van der Waals surface area contributed by atoms with E-state index in [0.717, 1.165) is 5.56 Å². The number of aromatic nitrogens is 1. The van der Waals surface area contributed by atoms with Crippen molar-refractivity contribution in [2.24, 2.45) is 0 Å². The molecule has 1 fully saturated rings. The minimum atomic E-state index is -3.91. The van der Waals surface area contributed by atoms with Gasteiger partial charge < -0.3 is 0 Å². The van der Waals surface area contributed by atoms with Gasteiger partial charge in [0.1, 0.15) is 4.75 Å². The van der Waals surface area contributed by atoms with Crippen molar-refractivity contribution in [2.75, 3.05) is 0 Å². The van der Waals surface area contributed by atoms with Crippen LogP contribution in [0, 0.1) is 0 Å². The Balaban J connectivity index is 2.21.